The van der Waals surface area contributed by atoms with Crippen molar-refractivity contribution in [3.63, 3.8) is 0 Å². The Balaban J connectivity index is 1.36. The highest BCUT2D eigenvalue weighted by atomic mass is 16.5. The van der Waals surface area contributed by atoms with E-state index in [-0.39, 0.29) is 29.7 Å². The number of carbonyl (C=O) groups is 2. The molecule has 12 heteroatoms. The maximum absolute atomic E-state index is 14.8. The molecule has 4 aliphatic rings. The fourth-order valence-electron chi connectivity index (χ4n) is 10.1. The van der Waals surface area contributed by atoms with E-state index in [1.54, 1.807) is 28.4 Å². The highest BCUT2D eigenvalue weighted by molar-refractivity contribution is 5.81. The van der Waals surface area contributed by atoms with Gasteiger partial charge in [0.25, 0.3) is 0 Å². The van der Waals surface area contributed by atoms with Crippen LogP contribution in [0, 0.1) is 11.8 Å². The number of amides is 2. The summed E-state index contributed by atoms with van der Waals surface area (Å²) < 4.78 is 23.5. The Bertz CT molecular complexity index is 1830. The second-order valence-corrected chi connectivity index (χ2v) is 15.2. The Morgan fingerprint density at radius 2 is 1.53 bits per heavy atom. The van der Waals surface area contributed by atoms with Gasteiger partial charge in [-0.25, -0.2) is 4.98 Å². The quantitative estimate of drug-likeness (QED) is 0.297. The van der Waals surface area contributed by atoms with Gasteiger partial charge in [0.1, 0.15) is 5.82 Å². The second kappa shape index (κ2) is 16.7. The van der Waals surface area contributed by atoms with E-state index >= 15 is 0 Å². The summed E-state index contributed by atoms with van der Waals surface area (Å²) in [6.45, 7) is 7.87. The van der Waals surface area contributed by atoms with E-state index < -0.39 is 5.54 Å². The van der Waals surface area contributed by atoms with Crippen molar-refractivity contribution in [1.29, 1.82) is 0 Å². The van der Waals surface area contributed by atoms with E-state index in [1.165, 1.54) is 16.7 Å². The number of hydrogen-bond acceptors (Lipinski definition) is 10. The van der Waals surface area contributed by atoms with E-state index in [0.29, 0.717) is 81.3 Å². The molecule has 55 heavy (non-hydrogen) atoms. The fraction of sp³-hybridized carbons (Fsp3) is 0.558. The number of hydrogen-bond donors (Lipinski definition) is 1. The van der Waals surface area contributed by atoms with Crippen LogP contribution >= 0.6 is 0 Å². The van der Waals surface area contributed by atoms with E-state index in [4.69, 9.17) is 18.9 Å². The van der Waals surface area contributed by atoms with Crippen LogP contribution in [0.15, 0.2) is 48.7 Å². The number of likely N-dealkylation sites (N-methyl/N-ethyl adjacent to an activating group) is 1. The third-order valence-corrected chi connectivity index (χ3v) is 12.8. The summed E-state index contributed by atoms with van der Waals surface area (Å²) in [5.41, 5.74) is 3.98. The molecule has 1 aliphatic carbocycles. The van der Waals surface area contributed by atoms with E-state index in [2.05, 4.69) is 61.1 Å². The largest absolute Gasteiger partial charge is 0.493 e. The zero-order valence-electron chi connectivity index (χ0n) is 33.4. The Morgan fingerprint density at radius 1 is 0.855 bits per heavy atom. The van der Waals surface area contributed by atoms with Crippen molar-refractivity contribution in [2.24, 2.45) is 11.8 Å². The molecule has 1 spiro atoms. The van der Waals surface area contributed by atoms with Gasteiger partial charge in [-0.05, 0) is 104 Å². The minimum absolute atomic E-state index is 0.0937. The number of nitrogens with one attached hydrogen (secondary N) is 1. The van der Waals surface area contributed by atoms with Crippen molar-refractivity contribution in [1.82, 2.24) is 25.0 Å². The lowest BCUT2D eigenvalue weighted by atomic mass is 9.58. The van der Waals surface area contributed by atoms with Crippen molar-refractivity contribution in [3.8, 4) is 23.0 Å². The summed E-state index contributed by atoms with van der Waals surface area (Å²) in [7, 11) is 8.60. The molecule has 1 unspecified atom stereocenters. The lowest BCUT2D eigenvalue weighted by Crippen LogP contribution is -2.63. The average molecular weight is 755 g/mol. The van der Waals surface area contributed by atoms with Crippen molar-refractivity contribution in [3.05, 3.63) is 70.9 Å². The van der Waals surface area contributed by atoms with Gasteiger partial charge in [0, 0.05) is 76.3 Å². The number of piperazine rings is 1. The van der Waals surface area contributed by atoms with E-state index in [1.807, 2.05) is 31.4 Å². The third kappa shape index (κ3) is 7.07. The zero-order chi connectivity index (χ0) is 38.7. The third-order valence-electron chi connectivity index (χ3n) is 12.8. The smallest absolute Gasteiger partial charge is 0.225 e. The molecule has 1 saturated carbocycles. The summed E-state index contributed by atoms with van der Waals surface area (Å²) in [4.78, 5) is 43.1. The lowest BCUT2D eigenvalue weighted by molar-refractivity contribution is -0.153. The van der Waals surface area contributed by atoms with Crippen LogP contribution < -0.4 is 29.2 Å². The first-order chi connectivity index (χ1) is 26.8. The number of nitrogens with zero attached hydrogens (tertiary/aromatic N) is 5. The highest BCUT2D eigenvalue weighted by Gasteiger charge is 2.58. The van der Waals surface area contributed by atoms with Gasteiger partial charge in [-0.15, -0.1) is 0 Å². The topological polar surface area (TPSA) is 109 Å². The summed E-state index contributed by atoms with van der Waals surface area (Å²) in [6, 6.07) is 14.4. The van der Waals surface area contributed by atoms with Gasteiger partial charge in [0.2, 0.25) is 11.8 Å². The van der Waals surface area contributed by atoms with Crippen LogP contribution in [0.5, 0.6) is 23.0 Å². The second-order valence-electron chi connectivity index (χ2n) is 15.2. The van der Waals surface area contributed by atoms with E-state index in [9.17, 15) is 9.59 Å². The van der Waals surface area contributed by atoms with Crippen molar-refractivity contribution >= 4 is 17.6 Å². The van der Waals surface area contributed by atoms with Crippen LogP contribution in [0.2, 0.25) is 0 Å². The molecule has 296 valence electrons. The van der Waals surface area contributed by atoms with Crippen molar-refractivity contribution in [2.75, 3.05) is 92.7 Å². The van der Waals surface area contributed by atoms with Gasteiger partial charge < -0.3 is 39.0 Å². The number of ether oxygens (including phenoxy) is 4. The van der Waals surface area contributed by atoms with Gasteiger partial charge in [0.05, 0.1) is 34.0 Å². The summed E-state index contributed by atoms with van der Waals surface area (Å²) in [5, 5.41) is 3.21. The molecule has 4 heterocycles. The zero-order valence-corrected chi connectivity index (χ0v) is 33.4. The van der Waals surface area contributed by atoms with Gasteiger partial charge in [-0.3, -0.25) is 14.5 Å². The summed E-state index contributed by atoms with van der Waals surface area (Å²) in [5.74, 6) is 3.70. The van der Waals surface area contributed by atoms with Crippen LogP contribution in [0.1, 0.15) is 60.9 Å². The molecule has 4 atom stereocenters. The Morgan fingerprint density at radius 3 is 2.18 bits per heavy atom. The molecular formula is C43H58N6O6. The molecule has 2 fully saturated rings. The molecule has 3 aliphatic heterocycles. The normalized spacial score (nSPS) is 23.9. The monoisotopic (exact) mass is 754 g/mol. The Kier molecular flexibility index (Phi) is 11.7. The first kappa shape index (κ1) is 38.7. The molecule has 2 amide bonds. The first-order valence-electron chi connectivity index (χ1n) is 20.0. The van der Waals surface area contributed by atoms with Crippen LogP contribution in [-0.4, -0.2) is 119 Å². The highest BCUT2D eigenvalue weighted by Crippen LogP contribution is 2.59. The van der Waals surface area contributed by atoms with Crippen LogP contribution in [0.4, 0.5) is 5.82 Å². The molecule has 1 N–H and O–H groups in total. The number of fused-ring (bicyclic) bond motifs is 3. The lowest BCUT2D eigenvalue weighted by Gasteiger charge is -2.59. The first-order valence-corrected chi connectivity index (χ1v) is 20.0. The molecule has 3 aromatic rings. The van der Waals surface area contributed by atoms with Crippen molar-refractivity contribution in [2.45, 2.75) is 57.0 Å². The number of methoxy groups -OCH3 is 4. The number of carbonyl (C=O) groups excluding carboxylic acids is 2. The van der Waals surface area contributed by atoms with Gasteiger partial charge in [-0.2, -0.15) is 0 Å². The number of pyridine rings is 1. The van der Waals surface area contributed by atoms with Crippen LogP contribution in [0.3, 0.4) is 0 Å². The van der Waals surface area contributed by atoms with Gasteiger partial charge in [0.15, 0.2) is 23.0 Å². The molecule has 0 bridgehead atoms. The summed E-state index contributed by atoms with van der Waals surface area (Å²) in [6.07, 6.45) is 5.76. The standard InChI is InChI=1S/C43H58N6O6/c1-7-46-18-13-29-25-35(52-3)37(54-5)27-32(29)41(46)34-24-31(42(51)48-22-20-47(21-23-48)39-10-8-9-16-45-39)11-15-43(34)33-28-38(55-6)36(53-4)26-30(33)14-19-49(43)40(50)12-17-44-2/h8-10,16,25-28,31,34,41,44H,7,11-15,17-24H2,1-6H3/t31-,34-,41?,43+/m1/s1. The fourth-order valence-corrected chi connectivity index (χ4v) is 10.1. The SMILES string of the molecule is CCN1CCc2cc(OC)c(OC)cc2C1[C@H]1C[C@H](C(=O)N2CCN(c3ccccn3)CC2)CC[C@]12c1cc(OC)c(OC)cc1CCN2C(=O)CCNC. The van der Waals surface area contributed by atoms with E-state index in [0.717, 1.165) is 44.0 Å². The summed E-state index contributed by atoms with van der Waals surface area (Å²) >= 11 is 0. The predicted molar refractivity (Wildman–Crippen MR) is 212 cm³/mol. The molecule has 2 aromatic carbocycles. The average Bonchev–Trinajstić information content (AvgIpc) is 3.24. The molecule has 7 rings (SSSR count). The minimum Gasteiger partial charge on any atom is -0.493 e. The maximum Gasteiger partial charge on any atom is 0.225 e. The number of anilines is 1. The molecule has 0 radical (unpaired) electrons. The number of rotatable bonds is 11. The van der Waals surface area contributed by atoms with Crippen LogP contribution in [0.25, 0.3) is 0 Å². The van der Waals surface area contributed by atoms with Gasteiger partial charge >= 0.3 is 0 Å². The van der Waals surface area contributed by atoms with Gasteiger partial charge in [-0.1, -0.05) is 13.0 Å². The number of benzene rings is 2. The maximum atomic E-state index is 14.8. The predicted octanol–water partition coefficient (Wildman–Crippen LogP) is 4.69. The Hall–Kier alpha value is -4.55. The minimum atomic E-state index is -0.702. The molecule has 1 saturated heterocycles. The Labute approximate surface area is 326 Å². The van der Waals surface area contributed by atoms with Crippen molar-refractivity contribution < 1.29 is 28.5 Å². The molecule has 12 nitrogen and oxygen atoms in total. The molecule has 1 aromatic heterocycles. The number of aromatic nitrogens is 1. The molecular weight excluding hydrogens is 697 g/mol. The van der Waals surface area contributed by atoms with Crippen LogP contribution in [-0.2, 0) is 28.0 Å².